The van der Waals surface area contributed by atoms with Crippen molar-refractivity contribution < 1.29 is 9.52 Å². The molecule has 0 aliphatic carbocycles. The molecule has 2 aromatic rings. The first-order chi connectivity index (χ1) is 7.24. The number of halogens is 1. The average Bonchev–Trinajstić information content (AvgIpc) is 2.84. The molecule has 0 aromatic carbocycles. The third-order valence-corrected chi connectivity index (χ3v) is 2.91. The first-order valence-electron chi connectivity index (χ1n) is 4.66. The number of furan rings is 1. The summed E-state index contributed by atoms with van der Waals surface area (Å²) in [4.78, 5) is 0. The van der Waals surface area contributed by atoms with Crippen LogP contribution in [-0.2, 0) is 6.54 Å². The lowest BCUT2D eigenvalue weighted by molar-refractivity contribution is 0.206. The highest BCUT2D eigenvalue weighted by molar-refractivity contribution is 9.10. The number of nitrogens with zero attached hydrogens (tertiary/aromatic N) is 2. The fourth-order valence-corrected chi connectivity index (χ4v) is 1.95. The van der Waals surface area contributed by atoms with E-state index in [0.29, 0.717) is 10.2 Å². The molecule has 0 radical (unpaired) electrons. The van der Waals surface area contributed by atoms with E-state index in [-0.39, 0.29) is 0 Å². The lowest BCUT2D eigenvalue weighted by atomic mass is 10.1. The fourth-order valence-electron chi connectivity index (χ4n) is 1.50. The second kappa shape index (κ2) is 4.20. The van der Waals surface area contributed by atoms with Crippen molar-refractivity contribution in [3.05, 3.63) is 40.5 Å². The van der Waals surface area contributed by atoms with E-state index in [1.54, 1.807) is 23.0 Å². The summed E-state index contributed by atoms with van der Waals surface area (Å²) < 4.78 is 7.39. The SMILES string of the molecule is CCn1nccc1C(O)c1ccoc1Br. The lowest BCUT2D eigenvalue weighted by Gasteiger charge is -2.10. The highest BCUT2D eigenvalue weighted by Gasteiger charge is 2.18. The molecule has 5 heteroatoms. The van der Waals surface area contributed by atoms with Crippen molar-refractivity contribution in [2.45, 2.75) is 19.6 Å². The summed E-state index contributed by atoms with van der Waals surface area (Å²) in [5.41, 5.74) is 1.48. The highest BCUT2D eigenvalue weighted by atomic mass is 79.9. The van der Waals surface area contributed by atoms with Gasteiger partial charge >= 0.3 is 0 Å². The zero-order chi connectivity index (χ0) is 10.8. The second-order valence-electron chi connectivity index (χ2n) is 3.12. The van der Waals surface area contributed by atoms with Crippen LogP contribution in [0.4, 0.5) is 0 Å². The number of aliphatic hydroxyl groups is 1. The van der Waals surface area contributed by atoms with Crippen LogP contribution in [0.3, 0.4) is 0 Å². The minimum Gasteiger partial charge on any atom is -0.457 e. The lowest BCUT2D eigenvalue weighted by Crippen LogP contribution is -2.08. The summed E-state index contributed by atoms with van der Waals surface area (Å²) >= 11 is 3.24. The van der Waals surface area contributed by atoms with Crippen LogP contribution in [0.1, 0.15) is 24.3 Å². The van der Waals surface area contributed by atoms with Crippen LogP contribution in [0.25, 0.3) is 0 Å². The Kier molecular flexibility index (Phi) is 2.93. The molecule has 2 rings (SSSR count). The van der Waals surface area contributed by atoms with Gasteiger partial charge in [-0.1, -0.05) is 0 Å². The molecule has 0 saturated carbocycles. The Bertz CT molecular complexity index is 450. The van der Waals surface area contributed by atoms with Crippen LogP contribution in [0.5, 0.6) is 0 Å². The predicted octanol–water partition coefficient (Wildman–Crippen LogP) is 2.34. The standard InChI is InChI=1S/C10H11BrN2O2/c1-2-13-8(3-5-12-13)9(14)7-4-6-15-10(7)11/h3-6,9,14H,2H2,1H3. The zero-order valence-electron chi connectivity index (χ0n) is 8.22. The Labute approximate surface area is 95.6 Å². The molecule has 2 heterocycles. The van der Waals surface area contributed by atoms with E-state index in [4.69, 9.17) is 4.42 Å². The summed E-state index contributed by atoms with van der Waals surface area (Å²) in [5.74, 6) is 0. The van der Waals surface area contributed by atoms with Crippen LogP contribution in [-0.4, -0.2) is 14.9 Å². The smallest absolute Gasteiger partial charge is 0.175 e. The van der Waals surface area contributed by atoms with Gasteiger partial charge in [0, 0.05) is 18.3 Å². The molecular formula is C10H11BrN2O2. The summed E-state index contributed by atoms with van der Waals surface area (Å²) in [6.07, 6.45) is 2.51. The van der Waals surface area contributed by atoms with Gasteiger partial charge in [-0.3, -0.25) is 4.68 Å². The van der Waals surface area contributed by atoms with Gasteiger partial charge < -0.3 is 9.52 Å². The van der Waals surface area contributed by atoms with Gasteiger partial charge in [0.05, 0.1) is 12.0 Å². The fraction of sp³-hybridized carbons (Fsp3) is 0.300. The third-order valence-electron chi connectivity index (χ3n) is 2.27. The Morgan fingerprint density at radius 3 is 3.00 bits per heavy atom. The predicted molar refractivity (Wildman–Crippen MR) is 58.4 cm³/mol. The van der Waals surface area contributed by atoms with Gasteiger partial charge in [0.15, 0.2) is 4.67 Å². The highest BCUT2D eigenvalue weighted by Crippen LogP contribution is 2.29. The van der Waals surface area contributed by atoms with Crippen molar-refractivity contribution in [1.82, 2.24) is 9.78 Å². The molecule has 15 heavy (non-hydrogen) atoms. The first kappa shape index (κ1) is 10.4. The maximum atomic E-state index is 10.1. The maximum Gasteiger partial charge on any atom is 0.175 e. The number of aliphatic hydroxyl groups excluding tert-OH is 1. The van der Waals surface area contributed by atoms with E-state index in [2.05, 4.69) is 21.0 Å². The van der Waals surface area contributed by atoms with E-state index in [9.17, 15) is 5.11 Å². The Hall–Kier alpha value is -1.07. The van der Waals surface area contributed by atoms with Gasteiger partial charge in [-0.05, 0) is 35.0 Å². The van der Waals surface area contributed by atoms with Crippen LogP contribution >= 0.6 is 15.9 Å². The number of aromatic nitrogens is 2. The first-order valence-corrected chi connectivity index (χ1v) is 5.46. The van der Waals surface area contributed by atoms with Gasteiger partial charge in [0.25, 0.3) is 0 Å². The molecule has 0 amide bonds. The molecule has 1 atom stereocenters. The van der Waals surface area contributed by atoms with Crippen molar-refractivity contribution in [1.29, 1.82) is 0 Å². The summed E-state index contributed by atoms with van der Waals surface area (Å²) in [5, 5.41) is 14.2. The van der Waals surface area contributed by atoms with E-state index in [1.165, 1.54) is 6.26 Å². The summed E-state index contributed by atoms with van der Waals surface area (Å²) in [7, 11) is 0. The minimum atomic E-state index is -0.708. The van der Waals surface area contributed by atoms with Crippen LogP contribution in [0, 0.1) is 0 Å². The number of aryl methyl sites for hydroxylation is 1. The Morgan fingerprint density at radius 1 is 1.60 bits per heavy atom. The average molecular weight is 271 g/mol. The van der Waals surface area contributed by atoms with E-state index < -0.39 is 6.10 Å². The quantitative estimate of drug-likeness (QED) is 0.932. The number of hydrogen-bond donors (Lipinski definition) is 1. The second-order valence-corrected chi connectivity index (χ2v) is 3.84. The van der Waals surface area contributed by atoms with Gasteiger partial charge in [0.1, 0.15) is 6.10 Å². The molecule has 80 valence electrons. The van der Waals surface area contributed by atoms with Crippen LogP contribution in [0.15, 0.2) is 33.7 Å². The minimum absolute atomic E-state index is 0.554. The Balaban J connectivity index is 2.36. The third kappa shape index (κ3) is 1.85. The van der Waals surface area contributed by atoms with E-state index in [1.807, 2.05) is 6.92 Å². The zero-order valence-corrected chi connectivity index (χ0v) is 9.81. The molecule has 0 spiro atoms. The Morgan fingerprint density at radius 2 is 2.40 bits per heavy atom. The molecule has 2 aromatic heterocycles. The van der Waals surface area contributed by atoms with Crippen LogP contribution in [0.2, 0.25) is 0 Å². The van der Waals surface area contributed by atoms with Crippen molar-refractivity contribution in [3.8, 4) is 0 Å². The molecule has 4 nitrogen and oxygen atoms in total. The van der Waals surface area contributed by atoms with Gasteiger partial charge in [-0.15, -0.1) is 0 Å². The van der Waals surface area contributed by atoms with Gasteiger partial charge in [-0.25, -0.2) is 0 Å². The molecule has 0 aliphatic rings. The largest absolute Gasteiger partial charge is 0.457 e. The maximum absolute atomic E-state index is 10.1. The van der Waals surface area contributed by atoms with Gasteiger partial charge in [-0.2, -0.15) is 5.10 Å². The number of rotatable bonds is 3. The van der Waals surface area contributed by atoms with Crippen LogP contribution < -0.4 is 0 Å². The van der Waals surface area contributed by atoms with Crippen molar-refractivity contribution in [3.63, 3.8) is 0 Å². The number of hydrogen-bond acceptors (Lipinski definition) is 3. The van der Waals surface area contributed by atoms with Crippen molar-refractivity contribution in [2.75, 3.05) is 0 Å². The molecule has 0 fully saturated rings. The molecular weight excluding hydrogens is 260 g/mol. The normalized spacial score (nSPS) is 13.0. The summed E-state index contributed by atoms with van der Waals surface area (Å²) in [6.45, 7) is 2.71. The molecule has 1 unspecified atom stereocenters. The topological polar surface area (TPSA) is 51.2 Å². The monoisotopic (exact) mass is 270 g/mol. The van der Waals surface area contributed by atoms with E-state index >= 15 is 0 Å². The molecule has 0 saturated heterocycles. The summed E-state index contributed by atoms with van der Waals surface area (Å²) in [6, 6.07) is 3.54. The van der Waals surface area contributed by atoms with Crippen molar-refractivity contribution >= 4 is 15.9 Å². The van der Waals surface area contributed by atoms with E-state index in [0.717, 1.165) is 12.2 Å². The molecule has 0 aliphatic heterocycles. The molecule has 1 N–H and O–H groups in total. The molecule has 0 bridgehead atoms. The van der Waals surface area contributed by atoms with Crippen molar-refractivity contribution in [2.24, 2.45) is 0 Å². The van der Waals surface area contributed by atoms with Gasteiger partial charge in [0.2, 0.25) is 0 Å².